The lowest BCUT2D eigenvalue weighted by Crippen LogP contribution is -2.04. The van der Waals surface area contributed by atoms with E-state index in [4.69, 9.17) is 0 Å². The van der Waals surface area contributed by atoms with Crippen LogP contribution >= 0.6 is 0 Å². The number of para-hydroxylation sites is 1. The number of carbonyl (C=O) groups excluding carboxylic acids is 1. The molecule has 0 bridgehead atoms. The van der Waals surface area contributed by atoms with Crippen molar-refractivity contribution >= 4 is 22.4 Å². The summed E-state index contributed by atoms with van der Waals surface area (Å²) in [5, 5.41) is 11.6. The Balaban J connectivity index is 1.88. The Morgan fingerprint density at radius 2 is 1.77 bits per heavy atom. The number of aromatic nitrogens is 1. The molecule has 5 heteroatoms. The molecule has 1 aromatic heterocycles. The average Bonchev–Trinajstić information content (AvgIpc) is 2.55. The summed E-state index contributed by atoms with van der Waals surface area (Å²) in [7, 11) is 0. The van der Waals surface area contributed by atoms with Gasteiger partial charge in [-0.3, -0.25) is 19.9 Å². The Kier molecular flexibility index (Phi) is 3.62. The van der Waals surface area contributed by atoms with Gasteiger partial charge in [0.15, 0.2) is 5.78 Å². The first-order valence-corrected chi connectivity index (χ1v) is 6.75. The minimum atomic E-state index is -0.482. The van der Waals surface area contributed by atoms with Gasteiger partial charge in [0.05, 0.1) is 10.4 Å². The summed E-state index contributed by atoms with van der Waals surface area (Å²) < 4.78 is 0. The first-order chi connectivity index (χ1) is 10.6. The van der Waals surface area contributed by atoms with Gasteiger partial charge in [-0.15, -0.1) is 0 Å². The molecule has 0 N–H and O–H groups in total. The molecule has 0 aliphatic carbocycles. The summed E-state index contributed by atoms with van der Waals surface area (Å²) in [5.41, 5.74) is 2.18. The van der Waals surface area contributed by atoms with Crippen LogP contribution in [-0.2, 0) is 6.42 Å². The maximum Gasteiger partial charge on any atom is 0.269 e. The molecule has 0 unspecified atom stereocenters. The van der Waals surface area contributed by atoms with Crippen molar-refractivity contribution in [3.8, 4) is 0 Å². The Morgan fingerprint density at radius 1 is 1.05 bits per heavy atom. The molecule has 22 heavy (non-hydrogen) atoms. The van der Waals surface area contributed by atoms with Crippen LogP contribution in [-0.4, -0.2) is 15.7 Å². The third-order valence-electron chi connectivity index (χ3n) is 3.49. The zero-order chi connectivity index (χ0) is 15.5. The molecule has 0 saturated carbocycles. The topological polar surface area (TPSA) is 73.1 Å². The molecule has 108 valence electrons. The fraction of sp³-hybridized carbons (Fsp3) is 0.0588. The summed E-state index contributed by atoms with van der Waals surface area (Å²) in [4.78, 5) is 26.8. The van der Waals surface area contributed by atoms with Crippen molar-refractivity contribution in [1.29, 1.82) is 0 Å². The monoisotopic (exact) mass is 292 g/mol. The number of nitrogens with zero attached hydrogens (tertiary/aromatic N) is 2. The Hall–Kier alpha value is -3.08. The molecule has 2 aromatic carbocycles. The number of hydrogen-bond donors (Lipinski definition) is 0. The molecule has 0 saturated heterocycles. The Labute approximate surface area is 126 Å². The largest absolute Gasteiger partial charge is 0.294 e. The van der Waals surface area contributed by atoms with Gasteiger partial charge in [0.25, 0.3) is 5.69 Å². The highest BCUT2D eigenvalue weighted by Gasteiger charge is 2.12. The highest BCUT2D eigenvalue weighted by molar-refractivity contribution is 5.99. The van der Waals surface area contributed by atoms with Gasteiger partial charge in [0.2, 0.25) is 0 Å². The second-order valence-corrected chi connectivity index (χ2v) is 4.89. The second kappa shape index (κ2) is 5.73. The van der Waals surface area contributed by atoms with Crippen LogP contribution < -0.4 is 0 Å². The predicted molar refractivity (Wildman–Crippen MR) is 82.9 cm³/mol. The standard InChI is InChI=1S/C17H12N2O3/c20-17(12-5-7-14(8-6-12)19(21)22)11-13-9-10-18-16-4-2-1-3-15(13)16/h1-10H,11H2. The van der Waals surface area contributed by atoms with Crippen LogP contribution in [0.25, 0.3) is 10.9 Å². The summed E-state index contributed by atoms with van der Waals surface area (Å²) in [6.45, 7) is 0. The summed E-state index contributed by atoms with van der Waals surface area (Å²) >= 11 is 0. The van der Waals surface area contributed by atoms with Crippen molar-refractivity contribution in [2.75, 3.05) is 0 Å². The van der Waals surface area contributed by atoms with Crippen LogP contribution in [0.5, 0.6) is 0 Å². The van der Waals surface area contributed by atoms with E-state index >= 15 is 0 Å². The van der Waals surface area contributed by atoms with Gasteiger partial charge in [0, 0.05) is 35.7 Å². The van der Waals surface area contributed by atoms with Crippen LogP contribution in [0.15, 0.2) is 60.8 Å². The quantitative estimate of drug-likeness (QED) is 0.418. The van der Waals surface area contributed by atoms with E-state index in [-0.39, 0.29) is 17.9 Å². The molecule has 3 rings (SSSR count). The second-order valence-electron chi connectivity index (χ2n) is 4.89. The number of non-ortho nitro benzene ring substituents is 1. The third kappa shape index (κ3) is 2.69. The van der Waals surface area contributed by atoms with E-state index in [9.17, 15) is 14.9 Å². The maximum absolute atomic E-state index is 12.3. The lowest BCUT2D eigenvalue weighted by Gasteiger charge is -2.05. The summed E-state index contributed by atoms with van der Waals surface area (Å²) in [5.74, 6) is -0.0775. The number of Topliss-reactive ketones (excluding diaryl/α,β-unsaturated/α-hetero) is 1. The van der Waals surface area contributed by atoms with Crippen LogP contribution in [0.3, 0.4) is 0 Å². The summed E-state index contributed by atoms with van der Waals surface area (Å²) in [6, 6.07) is 15.1. The number of pyridine rings is 1. The van der Waals surface area contributed by atoms with Gasteiger partial charge in [-0.05, 0) is 29.8 Å². The van der Waals surface area contributed by atoms with Crippen molar-refractivity contribution in [3.05, 3.63) is 82.0 Å². The van der Waals surface area contributed by atoms with E-state index in [1.807, 2.05) is 30.3 Å². The zero-order valence-corrected chi connectivity index (χ0v) is 11.6. The smallest absolute Gasteiger partial charge is 0.269 e. The van der Waals surface area contributed by atoms with Crippen LogP contribution in [0.1, 0.15) is 15.9 Å². The zero-order valence-electron chi connectivity index (χ0n) is 11.6. The third-order valence-corrected chi connectivity index (χ3v) is 3.49. The number of hydrogen-bond acceptors (Lipinski definition) is 4. The molecule has 3 aromatic rings. The van der Waals surface area contributed by atoms with Gasteiger partial charge in [0.1, 0.15) is 0 Å². The Morgan fingerprint density at radius 3 is 2.50 bits per heavy atom. The SMILES string of the molecule is O=C(Cc1ccnc2ccccc12)c1ccc([N+](=O)[O-])cc1. The summed E-state index contributed by atoms with van der Waals surface area (Å²) in [6.07, 6.45) is 1.92. The number of rotatable bonds is 4. The first kappa shape index (κ1) is 13.9. The molecule has 1 heterocycles. The molecule has 0 aliphatic heterocycles. The van der Waals surface area contributed by atoms with E-state index in [0.29, 0.717) is 5.56 Å². The molecule has 0 amide bonds. The number of fused-ring (bicyclic) bond motifs is 1. The molecule has 0 aliphatic rings. The van der Waals surface area contributed by atoms with Gasteiger partial charge >= 0.3 is 0 Å². The fourth-order valence-electron chi connectivity index (χ4n) is 2.35. The number of benzene rings is 2. The van der Waals surface area contributed by atoms with Gasteiger partial charge in [-0.25, -0.2) is 0 Å². The van der Waals surface area contributed by atoms with Crippen molar-refractivity contribution in [2.24, 2.45) is 0 Å². The molecular weight excluding hydrogens is 280 g/mol. The van der Waals surface area contributed by atoms with Crippen molar-refractivity contribution < 1.29 is 9.72 Å². The molecule has 0 spiro atoms. The van der Waals surface area contributed by atoms with E-state index < -0.39 is 4.92 Å². The normalized spacial score (nSPS) is 10.5. The van der Waals surface area contributed by atoms with Crippen molar-refractivity contribution in [2.45, 2.75) is 6.42 Å². The number of ketones is 1. The van der Waals surface area contributed by atoms with E-state index in [2.05, 4.69) is 4.98 Å². The average molecular weight is 292 g/mol. The maximum atomic E-state index is 12.3. The molecule has 0 fully saturated rings. The lowest BCUT2D eigenvalue weighted by molar-refractivity contribution is -0.384. The van der Waals surface area contributed by atoms with E-state index in [0.717, 1.165) is 16.5 Å². The van der Waals surface area contributed by atoms with Crippen LogP contribution in [0.4, 0.5) is 5.69 Å². The van der Waals surface area contributed by atoms with E-state index in [1.54, 1.807) is 6.20 Å². The molecule has 0 radical (unpaired) electrons. The van der Waals surface area contributed by atoms with Crippen molar-refractivity contribution in [1.82, 2.24) is 4.98 Å². The number of nitro benzene ring substituents is 1. The predicted octanol–water partition coefficient (Wildman–Crippen LogP) is 3.57. The van der Waals surface area contributed by atoms with Gasteiger partial charge < -0.3 is 0 Å². The highest BCUT2D eigenvalue weighted by atomic mass is 16.6. The minimum Gasteiger partial charge on any atom is -0.294 e. The fourth-order valence-corrected chi connectivity index (χ4v) is 2.35. The van der Waals surface area contributed by atoms with Gasteiger partial charge in [-0.2, -0.15) is 0 Å². The molecular formula is C17H12N2O3. The van der Waals surface area contributed by atoms with Crippen LogP contribution in [0, 0.1) is 10.1 Å². The van der Waals surface area contributed by atoms with E-state index in [1.165, 1.54) is 24.3 Å². The molecule has 5 nitrogen and oxygen atoms in total. The highest BCUT2D eigenvalue weighted by Crippen LogP contribution is 2.19. The number of nitro groups is 1. The molecule has 0 atom stereocenters. The number of carbonyl (C=O) groups is 1. The van der Waals surface area contributed by atoms with Gasteiger partial charge in [-0.1, -0.05) is 18.2 Å². The Bertz CT molecular complexity index is 852. The minimum absolute atomic E-state index is 0.0223. The van der Waals surface area contributed by atoms with Crippen LogP contribution in [0.2, 0.25) is 0 Å². The van der Waals surface area contributed by atoms with Crippen molar-refractivity contribution in [3.63, 3.8) is 0 Å². The first-order valence-electron chi connectivity index (χ1n) is 6.75. The lowest BCUT2D eigenvalue weighted by atomic mass is 10.00.